The average Bonchev–Trinajstić information content (AvgIpc) is 2.97. The monoisotopic (exact) mass is 349 g/mol. The quantitative estimate of drug-likeness (QED) is 0.924. The normalized spacial score (nSPS) is 20.0. The first-order valence-corrected chi connectivity index (χ1v) is 9.11. The summed E-state index contributed by atoms with van der Waals surface area (Å²) in [4.78, 5) is 28.5. The van der Waals surface area contributed by atoms with Gasteiger partial charge < -0.3 is 10.2 Å². The van der Waals surface area contributed by atoms with E-state index in [9.17, 15) is 9.59 Å². The van der Waals surface area contributed by atoms with Crippen LogP contribution in [-0.2, 0) is 17.8 Å². The van der Waals surface area contributed by atoms with Crippen molar-refractivity contribution in [3.8, 4) is 0 Å². The summed E-state index contributed by atoms with van der Waals surface area (Å²) in [5, 5.41) is 2.83. The van der Waals surface area contributed by atoms with E-state index in [0.29, 0.717) is 18.7 Å². The lowest BCUT2D eigenvalue weighted by molar-refractivity contribution is -0.124. The van der Waals surface area contributed by atoms with Gasteiger partial charge in [-0.15, -0.1) is 0 Å². The van der Waals surface area contributed by atoms with Gasteiger partial charge in [0.05, 0.1) is 6.54 Å². The lowest BCUT2D eigenvalue weighted by Gasteiger charge is -2.26. The van der Waals surface area contributed by atoms with Gasteiger partial charge in [-0.3, -0.25) is 14.5 Å². The van der Waals surface area contributed by atoms with Crippen LogP contribution < -0.4 is 10.2 Å². The molecule has 1 saturated heterocycles. The maximum absolute atomic E-state index is 13.0. The van der Waals surface area contributed by atoms with Gasteiger partial charge in [0.2, 0.25) is 5.91 Å². The van der Waals surface area contributed by atoms with Crippen LogP contribution in [0.4, 0.5) is 5.69 Å². The van der Waals surface area contributed by atoms with Crippen molar-refractivity contribution < 1.29 is 9.59 Å². The minimum atomic E-state index is 0.0475. The molecule has 0 aromatic heterocycles. The van der Waals surface area contributed by atoms with Gasteiger partial charge in [0, 0.05) is 36.9 Å². The zero-order chi connectivity index (χ0) is 18.1. The minimum Gasteiger partial charge on any atom is -0.354 e. The number of anilines is 1. The molecule has 5 heteroatoms. The molecule has 1 unspecified atom stereocenters. The van der Waals surface area contributed by atoms with E-state index < -0.39 is 0 Å². The number of amides is 2. The number of hydrogen-bond acceptors (Lipinski definition) is 3. The van der Waals surface area contributed by atoms with Crippen molar-refractivity contribution in [3.63, 3.8) is 0 Å². The number of rotatable bonds is 3. The third-order valence-electron chi connectivity index (χ3n) is 5.15. The van der Waals surface area contributed by atoms with E-state index >= 15 is 0 Å². The molecule has 0 radical (unpaired) electrons. The van der Waals surface area contributed by atoms with Gasteiger partial charge in [0.15, 0.2) is 0 Å². The van der Waals surface area contributed by atoms with Gasteiger partial charge in [0.1, 0.15) is 0 Å². The number of hydrogen-bond donors (Lipinski definition) is 1. The first kappa shape index (κ1) is 16.8. The molecule has 1 N–H and O–H groups in total. The van der Waals surface area contributed by atoms with E-state index in [4.69, 9.17) is 0 Å². The van der Waals surface area contributed by atoms with E-state index in [-0.39, 0.29) is 17.9 Å². The highest BCUT2D eigenvalue weighted by Gasteiger charge is 2.31. The van der Waals surface area contributed by atoms with E-state index in [1.54, 1.807) is 0 Å². The number of piperazine rings is 1. The predicted octanol–water partition coefficient (Wildman–Crippen LogP) is 2.21. The van der Waals surface area contributed by atoms with Crippen molar-refractivity contribution in [3.05, 3.63) is 65.2 Å². The lowest BCUT2D eigenvalue weighted by atomic mass is 10.1. The molecular weight excluding hydrogens is 326 g/mol. The van der Waals surface area contributed by atoms with Crippen LogP contribution in [0, 0.1) is 0 Å². The molecule has 4 rings (SSSR count). The molecule has 26 heavy (non-hydrogen) atoms. The Morgan fingerprint density at radius 3 is 2.69 bits per heavy atom. The topological polar surface area (TPSA) is 52.7 Å². The number of para-hydroxylation sites is 1. The van der Waals surface area contributed by atoms with Crippen molar-refractivity contribution in [2.45, 2.75) is 25.9 Å². The van der Waals surface area contributed by atoms with E-state index in [1.165, 1.54) is 5.56 Å². The molecule has 1 atom stereocenters. The van der Waals surface area contributed by atoms with E-state index in [1.807, 2.05) is 47.4 Å². The van der Waals surface area contributed by atoms with Crippen LogP contribution in [0.5, 0.6) is 0 Å². The Balaban J connectivity index is 1.48. The van der Waals surface area contributed by atoms with Crippen LogP contribution in [0.25, 0.3) is 0 Å². The summed E-state index contributed by atoms with van der Waals surface area (Å²) in [7, 11) is 0. The van der Waals surface area contributed by atoms with E-state index in [0.717, 1.165) is 30.8 Å². The van der Waals surface area contributed by atoms with Crippen molar-refractivity contribution in [1.82, 2.24) is 10.2 Å². The molecule has 0 aliphatic carbocycles. The Hall–Kier alpha value is -2.66. The van der Waals surface area contributed by atoms with Crippen LogP contribution in [0.15, 0.2) is 48.5 Å². The number of carbonyl (C=O) groups is 2. The van der Waals surface area contributed by atoms with Gasteiger partial charge in [-0.25, -0.2) is 0 Å². The Bertz CT molecular complexity index is 831. The van der Waals surface area contributed by atoms with Gasteiger partial charge in [-0.2, -0.15) is 0 Å². The molecule has 134 valence electrons. The average molecular weight is 349 g/mol. The summed E-state index contributed by atoms with van der Waals surface area (Å²) in [6.45, 7) is 4.80. The largest absolute Gasteiger partial charge is 0.354 e. The molecule has 2 aromatic carbocycles. The third-order valence-corrected chi connectivity index (χ3v) is 5.15. The molecule has 2 amide bonds. The molecule has 0 spiro atoms. The van der Waals surface area contributed by atoms with E-state index in [2.05, 4.69) is 23.2 Å². The first-order chi connectivity index (χ1) is 12.6. The molecule has 0 bridgehead atoms. The zero-order valence-corrected chi connectivity index (χ0v) is 14.9. The van der Waals surface area contributed by atoms with Crippen LogP contribution in [0.3, 0.4) is 0 Å². The van der Waals surface area contributed by atoms with Crippen molar-refractivity contribution >= 4 is 17.5 Å². The number of benzene rings is 2. The van der Waals surface area contributed by atoms with Gasteiger partial charge >= 0.3 is 0 Å². The highest BCUT2D eigenvalue weighted by atomic mass is 16.2. The fourth-order valence-corrected chi connectivity index (χ4v) is 3.85. The second-order valence-corrected chi connectivity index (χ2v) is 7.11. The number of nitrogens with zero attached hydrogens (tertiary/aromatic N) is 2. The maximum atomic E-state index is 13.0. The van der Waals surface area contributed by atoms with Crippen molar-refractivity contribution in [1.29, 1.82) is 0 Å². The summed E-state index contributed by atoms with van der Waals surface area (Å²) in [5.41, 5.74) is 4.07. The van der Waals surface area contributed by atoms with Gasteiger partial charge in [-0.05, 0) is 42.7 Å². The molecule has 1 fully saturated rings. The summed E-state index contributed by atoms with van der Waals surface area (Å²) in [6.07, 6.45) is 0.900. The molecular formula is C21H23N3O2. The number of fused-ring (bicyclic) bond motifs is 1. The fourth-order valence-electron chi connectivity index (χ4n) is 3.85. The third kappa shape index (κ3) is 3.22. The molecule has 2 aliphatic rings. The summed E-state index contributed by atoms with van der Waals surface area (Å²) >= 11 is 0. The summed E-state index contributed by atoms with van der Waals surface area (Å²) in [6, 6.07) is 16.1. The highest BCUT2D eigenvalue weighted by molar-refractivity contribution is 6.07. The summed E-state index contributed by atoms with van der Waals surface area (Å²) < 4.78 is 0. The smallest absolute Gasteiger partial charge is 0.258 e. The van der Waals surface area contributed by atoms with Crippen molar-refractivity contribution in [2.75, 3.05) is 24.5 Å². The van der Waals surface area contributed by atoms with Crippen LogP contribution in [-0.4, -0.2) is 42.4 Å². The molecule has 5 nitrogen and oxygen atoms in total. The highest BCUT2D eigenvalue weighted by Crippen LogP contribution is 2.33. The van der Waals surface area contributed by atoms with Crippen LogP contribution in [0.2, 0.25) is 0 Å². The van der Waals surface area contributed by atoms with Gasteiger partial charge in [-0.1, -0.05) is 30.3 Å². The molecule has 2 aliphatic heterocycles. The van der Waals surface area contributed by atoms with Crippen molar-refractivity contribution in [2.24, 2.45) is 0 Å². The number of carbonyl (C=O) groups excluding carboxylic acids is 2. The molecule has 2 aromatic rings. The Kier molecular flexibility index (Phi) is 4.47. The fraction of sp³-hybridized carbons (Fsp3) is 0.333. The van der Waals surface area contributed by atoms with Crippen LogP contribution in [0.1, 0.15) is 28.4 Å². The number of nitrogens with one attached hydrogen (secondary N) is 1. The second kappa shape index (κ2) is 6.92. The zero-order valence-electron chi connectivity index (χ0n) is 14.9. The van der Waals surface area contributed by atoms with Gasteiger partial charge in [0.25, 0.3) is 5.91 Å². The second-order valence-electron chi connectivity index (χ2n) is 7.11. The van der Waals surface area contributed by atoms with Crippen LogP contribution >= 0.6 is 0 Å². The summed E-state index contributed by atoms with van der Waals surface area (Å²) in [5.74, 6) is 0.121. The Labute approximate surface area is 153 Å². The minimum absolute atomic E-state index is 0.0475. The maximum Gasteiger partial charge on any atom is 0.258 e. The lowest BCUT2D eigenvalue weighted by Crippen LogP contribution is -2.47. The molecule has 2 heterocycles. The predicted molar refractivity (Wildman–Crippen MR) is 101 cm³/mol. The Morgan fingerprint density at radius 2 is 1.92 bits per heavy atom. The first-order valence-electron chi connectivity index (χ1n) is 9.11. The SMILES string of the molecule is CC1Cc2ccccc2N1C(=O)c1ccc(CN2CCNC(=O)C2)cc1. The standard InChI is InChI=1S/C21H23N3O2/c1-15-12-18-4-2-3-5-19(18)24(15)21(26)17-8-6-16(7-9-17)13-23-11-10-22-20(25)14-23/h2-9,15H,10-14H2,1H3,(H,22,25). The Morgan fingerprint density at radius 1 is 1.15 bits per heavy atom. The molecule has 0 saturated carbocycles.